The van der Waals surface area contributed by atoms with Crippen LogP contribution >= 0.6 is 81.0 Å². The number of piperazine rings is 1. The first kappa shape index (κ1) is 122. The largest absolute Gasteiger partial charge is 0.477 e. The second-order valence-corrected chi connectivity index (χ2v) is 33.6. The van der Waals surface area contributed by atoms with Crippen LogP contribution in [0.15, 0.2) is 145 Å². The highest BCUT2D eigenvalue weighted by atomic mass is 32.1. The number of nitrogens with one attached hydrogen (secondary N) is 8. The number of aliphatic hydroxyl groups excluding tert-OH is 1. The topological polar surface area (TPSA) is 533 Å². The van der Waals surface area contributed by atoms with Crippen molar-refractivity contribution in [2.45, 2.75) is 214 Å². The molecule has 766 valence electrons. The SMILES string of the molecule is C.CC(C)[C@H](NC(=O)[C@H](Cc1ccccc1)NC(=O)CCCCCN1C(=O)CCC1=O)c1cn([C@@H](CCCNC(N)=O)C(=O)Nc2ccc(CO)cc2)nn1.CCn1cc(C(=O)O)c(=O)c2cc(F)c(N3CCN(C(=O)OCc4ccc(NC(=O)[C@H](CCCNC(N)=O)n5cc([C@@H](NC(=O)[C@H](Cc6ccccc6)NC(=O)CCCCCN6C(=O)CCC6=O)C(C)C)nn5)cc4)CC3)cc21.S.S.S.S.S.S. The number of hydrogen-bond donors (Lipinski definition) is 12. The lowest BCUT2D eigenvalue weighted by molar-refractivity contribution is -0.140. The van der Waals surface area contributed by atoms with Crippen molar-refractivity contribution in [2.75, 3.05) is 67.9 Å². The highest BCUT2D eigenvalue weighted by Crippen LogP contribution is 2.30. The van der Waals surface area contributed by atoms with Crippen molar-refractivity contribution in [3.8, 4) is 0 Å². The molecule has 0 radical (unpaired) electrons. The number of unbranched alkanes of at least 4 members (excludes halogenated alkanes) is 4. The Kier molecular flexibility index (Phi) is 52.8. The van der Waals surface area contributed by atoms with Gasteiger partial charge in [0.15, 0.2) is 0 Å². The lowest BCUT2D eigenvalue weighted by Gasteiger charge is -2.35. The molecule has 3 fully saturated rings. The number of hydrogen-bond acceptors (Lipinski definition) is 22. The molecule has 3 aliphatic rings. The van der Waals surface area contributed by atoms with Gasteiger partial charge in [-0.1, -0.05) is 143 Å². The number of carboxylic acid groups (broad SMARTS) is 1. The summed E-state index contributed by atoms with van der Waals surface area (Å²) in [6.45, 7) is 11.5. The first-order valence-electron chi connectivity index (χ1n) is 44.9. The Morgan fingerprint density at radius 2 is 0.914 bits per heavy atom. The normalized spacial score (nSPS) is 13.9. The van der Waals surface area contributed by atoms with Crippen molar-refractivity contribution in [3.63, 3.8) is 0 Å². The number of benzene rings is 5. The summed E-state index contributed by atoms with van der Waals surface area (Å²) in [6, 6.07) is 28.3. The number of aromatic carboxylic acids is 1. The van der Waals surface area contributed by atoms with Crippen LogP contribution < -0.4 is 64.3 Å². The Bertz CT molecular complexity index is 5460. The third kappa shape index (κ3) is 36.1. The molecule has 0 unspecified atom stereocenters. The van der Waals surface area contributed by atoms with Gasteiger partial charge in [-0.05, 0) is 129 Å². The highest BCUT2D eigenvalue weighted by Gasteiger charge is 2.36. The number of carbonyl (C=O) groups is 14. The van der Waals surface area contributed by atoms with Crippen LogP contribution in [0.4, 0.5) is 35.8 Å². The van der Waals surface area contributed by atoms with Crippen LogP contribution in [0, 0.1) is 17.7 Å². The van der Waals surface area contributed by atoms with E-state index in [2.05, 4.69) is 63.2 Å². The molecule has 15 amide bonds. The third-order valence-electron chi connectivity index (χ3n) is 23.1. The fourth-order valence-electron chi connectivity index (χ4n) is 15.7. The van der Waals surface area contributed by atoms with E-state index in [1.165, 1.54) is 36.3 Å². The van der Waals surface area contributed by atoms with E-state index in [-0.39, 0.29) is 269 Å². The molecule has 3 saturated heterocycles. The average molecular weight is 2060 g/mol. The number of nitrogens with two attached hydrogens (primary N) is 2. The predicted octanol–water partition coefficient (Wildman–Crippen LogP) is 8.75. The number of rotatable bonds is 46. The molecule has 0 spiro atoms. The van der Waals surface area contributed by atoms with Crippen LogP contribution in [0.5, 0.6) is 0 Å². The van der Waals surface area contributed by atoms with Crippen molar-refractivity contribution in [1.82, 2.24) is 81.2 Å². The smallest absolute Gasteiger partial charge is 0.410 e. The monoisotopic (exact) mass is 2060 g/mol. The van der Waals surface area contributed by atoms with Crippen molar-refractivity contribution < 1.29 is 86.5 Å². The zero-order valence-electron chi connectivity index (χ0n) is 78.3. The highest BCUT2D eigenvalue weighted by molar-refractivity contribution is 7.60. The van der Waals surface area contributed by atoms with Crippen LogP contribution in [0.2, 0.25) is 0 Å². The van der Waals surface area contributed by atoms with Crippen LogP contribution in [-0.4, -0.2) is 207 Å². The van der Waals surface area contributed by atoms with Gasteiger partial charge >= 0.3 is 24.1 Å². The average Bonchev–Trinajstić information content (AvgIpc) is 1.09. The number of fused-ring (bicyclic) bond motifs is 1. The van der Waals surface area contributed by atoms with Crippen LogP contribution in [0.3, 0.4) is 0 Å². The van der Waals surface area contributed by atoms with Crippen LogP contribution in [-0.2, 0) is 85.3 Å². The number of aliphatic hydroxyl groups is 1. The maximum absolute atomic E-state index is 15.5. The molecular weight excluding hydrogens is 1920 g/mol. The van der Waals surface area contributed by atoms with Gasteiger partial charge in [0.25, 0.3) is 0 Å². The maximum Gasteiger partial charge on any atom is 0.410 e. The summed E-state index contributed by atoms with van der Waals surface area (Å²) in [4.78, 5) is 196. The first-order valence-corrected chi connectivity index (χ1v) is 44.9. The number of imide groups is 2. The summed E-state index contributed by atoms with van der Waals surface area (Å²) in [6.07, 6.45) is 10.2. The summed E-state index contributed by atoms with van der Waals surface area (Å²) in [7, 11) is 0. The molecule has 140 heavy (non-hydrogen) atoms. The summed E-state index contributed by atoms with van der Waals surface area (Å²) < 4.78 is 25.5. The summed E-state index contributed by atoms with van der Waals surface area (Å²) >= 11 is 0. The number of amides is 15. The van der Waals surface area contributed by atoms with E-state index in [0.717, 1.165) is 17.2 Å². The molecule has 8 aromatic rings. The lowest BCUT2D eigenvalue weighted by Crippen LogP contribution is -2.49. The number of likely N-dealkylation sites (tertiary alicyclic amines) is 2. The minimum absolute atomic E-state index is 0. The van der Waals surface area contributed by atoms with Gasteiger partial charge in [0.05, 0.1) is 42.3 Å². The second-order valence-electron chi connectivity index (χ2n) is 33.6. The molecule has 11 rings (SSSR count). The van der Waals surface area contributed by atoms with Crippen molar-refractivity contribution >= 4 is 192 Å². The van der Waals surface area contributed by atoms with Gasteiger partial charge in [-0.3, -0.25) is 62.5 Å². The molecular formula is C94H134FN21O18S6. The Balaban J connectivity index is 0.000000730. The molecule has 0 aliphatic carbocycles. The van der Waals surface area contributed by atoms with Gasteiger partial charge < -0.3 is 83.3 Å². The lowest BCUT2D eigenvalue weighted by atomic mass is 9.99. The van der Waals surface area contributed by atoms with E-state index in [9.17, 15) is 82.1 Å². The number of carboxylic acids is 1. The van der Waals surface area contributed by atoms with E-state index in [1.807, 2.05) is 88.4 Å². The van der Waals surface area contributed by atoms with Gasteiger partial charge in [-0.2, -0.15) is 81.0 Å². The Hall–Kier alpha value is -12.2. The second kappa shape index (κ2) is 60.7. The minimum atomic E-state index is -1.40. The van der Waals surface area contributed by atoms with E-state index in [4.69, 9.17) is 16.2 Å². The van der Waals surface area contributed by atoms with Crippen molar-refractivity contribution in [2.24, 2.45) is 23.3 Å². The fraction of sp³-hybridized carbons (Fsp3) is 0.457. The van der Waals surface area contributed by atoms with Crippen molar-refractivity contribution in [3.05, 3.63) is 195 Å². The number of nitrogens with zero attached hydrogens (tertiary/aromatic N) is 11. The van der Waals surface area contributed by atoms with E-state index >= 15 is 4.39 Å². The molecule has 6 heterocycles. The van der Waals surface area contributed by atoms with Gasteiger partial charge in [0.2, 0.25) is 64.5 Å². The molecule has 0 saturated carbocycles. The van der Waals surface area contributed by atoms with E-state index in [0.29, 0.717) is 110 Å². The standard InChI is InChI=1S/C55H67FN12O11.C38H51N9O7.CH4.6H2S/c1-4-64-31-39(53(75)76)50(72)38-29-40(56)45(30-44(38)64)65-24-26-66(27-25-65)55(78)79-33-36-16-18-37(19-17-36)59-52(74)43(14-11-22-58-54(57)77)68-32-42(62-63-68)49(34(2)3)61-51(73)41(28-35-12-7-5-8-13-35)60-46(69)15-9-6-10-23-67-47(70)20-21-48(67)71;1-25(2)35(30-23-47(45-44-30)31(12-9-20-40-38(39)54)37(53)41-28-16-14-27(24-48)15-17-28)43-36(52)29(22-26-10-5-3-6-11-26)42-32(49)13-7-4-8-21-46-33(50)18-19-34(46)51;;;;;;;/h5,7-8,12-13,16-19,29-32,34,41,43,49H,4,6,9-11,14-15,20-28,33H2,1-3H3,(H,59,74)(H,60,69)(H,61,73)(H,75,76)(H3,57,58,77);3,5-6,10-11,14-17,23,25,29,31,35,48H,4,7-9,12-13,18-22,24H2,1-2H3,(H,41,53)(H,42,49)(H,43,52)(H3,39,40,54);1H4;6*1H2/t41-,43-,49-;29-,31-,35-;;;;;;;/m00......./s1. The zero-order valence-corrected chi connectivity index (χ0v) is 84.3. The van der Waals surface area contributed by atoms with E-state index in [1.54, 1.807) is 77.3 Å². The number of anilines is 3. The van der Waals surface area contributed by atoms with Crippen LogP contribution in [0.1, 0.15) is 213 Å². The Labute approximate surface area is 854 Å². The maximum atomic E-state index is 15.5. The zero-order chi connectivity index (χ0) is 95.8. The minimum Gasteiger partial charge on any atom is -0.477 e. The van der Waals surface area contributed by atoms with Gasteiger partial charge in [0.1, 0.15) is 53.5 Å². The number of aromatic nitrogens is 7. The molecule has 14 N–H and O–H groups in total. The number of ether oxygens (including phenoxy) is 1. The molecule has 5 aromatic carbocycles. The fourth-order valence-corrected chi connectivity index (χ4v) is 15.7. The summed E-state index contributed by atoms with van der Waals surface area (Å²) in [5, 5.41) is 58.9. The van der Waals surface area contributed by atoms with Gasteiger partial charge in [-0.25, -0.2) is 32.9 Å². The number of primary amides is 2. The molecule has 3 aliphatic heterocycles. The van der Waals surface area contributed by atoms with Crippen molar-refractivity contribution in [1.29, 1.82) is 0 Å². The molecule has 6 atom stereocenters. The summed E-state index contributed by atoms with van der Waals surface area (Å²) in [5.41, 5.74) is 14.6. The van der Waals surface area contributed by atoms with E-state index < -0.39 is 94.9 Å². The number of urea groups is 2. The van der Waals surface area contributed by atoms with Gasteiger partial charge in [-0.15, -0.1) is 10.2 Å². The predicted molar refractivity (Wildman–Crippen MR) is 556 cm³/mol. The van der Waals surface area contributed by atoms with Crippen LogP contribution in [0.25, 0.3) is 10.9 Å². The van der Waals surface area contributed by atoms with Gasteiger partial charge in [0, 0.05) is 133 Å². The Morgan fingerprint density at radius 1 is 0.500 bits per heavy atom. The quantitative estimate of drug-likeness (QED) is 0.0125. The third-order valence-corrected chi connectivity index (χ3v) is 23.1. The number of pyridine rings is 1. The Morgan fingerprint density at radius 3 is 1.30 bits per heavy atom. The number of carbonyl (C=O) groups excluding carboxylic acids is 13. The molecule has 39 nitrogen and oxygen atoms in total. The number of aryl methyl sites for hydroxylation is 1. The first-order chi connectivity index (χ1) is 63.8. The summed E-state index contributed by atoms with van der Waals surface area (Å²) in [5.74, 6) is -5.45. The molecule has 0 bridgehead atoms. The molecule has 3 aromatic heterocycles. The molecule has 46 heteroatoms. The number of halogens is 1.